The van der Waals surface area contributed by atoms with Gasteiger partial charge in [0.25, 0.3) is 0 Å². The highest BCUT2D eigenvalue weighted by Gasteiger charge is 2.47. The molecular weight excluding hydrogens is 324 g/mol. The number of hydrogen-bond donors (Lipinski definition) is 0. The summed E-state index contributed by atoms with van der Waals surface area (Å²) in [5.41, 5.74) is 1.52. The number of benzene rings is 2. The van der Waals surface area contributed by atoms with Crippen LogP contribution in [0.4, 0.5) is 0 Å². The number of carbonyl (C=O) groups excluding carboxylic acids is 1. The molecule has 1 fully saturated rings. The van der Waals surface area contributed by atoms with Crippen LogP contribution in [0.15, 0.2) is 60.7 Å². The van der Waals surface area contributed by atoms with Crippen LogP contribution in [0.3, 0.4) is 0 Å². The van der Waals surface area contributed by atoms with Gasteiger partial charge in [0.05, 0.1) is 5.41 Å². The van der Waals surface area contributed by atoms with Gasteiger partial charge in [-0.25, -0.2) is 0 Å². The first-order valence-corrected chi connectivity index (χ1v) is 8.46. The van der Waals surface area contributed by atoms with E-state index in [9.17, 15) is 4.79 Å². The maximum atomic E-state index is 13.3. The summed E-state index contributed by atoms with van der Waals surface area (Å²) in [4.78, 5) is 13.5. The lowest BCUT2D eigenvalue weighted by atomic mass is 9.65. The zero-order chi connectivity index (χ0) is 14.7. The van der Waals surface area contributed by atoms with E-state index < -0.39 is 5.41 Å². The summed E-state index contributed by atoms with van der Waals surface area (Å²) in [6.45, 7) is 0. The highest BCUT2D eigenvalue weighted by atomic mass is 79.9. The van der Waals surface area contributed by atoms with Crippen LogP contribution in [-0.4, -0.2) is 10.6 Å². The van der Waals surface area contributed by atoms with E-state index in [0.29, 0.717) is 0 Å². The van der Waals surface area contributed by atoms with Gasteiger partial charge in [0.1, 0.15) is 0 Å². The summed E-state index contributed by atoms with van der Waals surface area (Å²) >= 11 is 3.83. The molecule has 0 unspecified atom stereocenters. The fraction of sp³-hybridized carbons (Fsp3) is 0.316. The average molecular weight is 343 g/mol. The Kier molecular flexibility index (Phi) is 4.25. The van der Waals surface area contributed by atoms with Crippen molar-refractivity contribution in [3.63, 3.8) is 0 Å². The molecule has 0 amide bonds. The van der Waals surface area contributed by atoms with Gasteiger partial charge in [0.15, 0.2) is 5.78 Å². The molecule has 0 heterocycles. The second-order valence-electron chi connectivity index (χ2n) is 5.75. The van der Waals surface area contributed by atoms with Crippen molar-refractivity contribution in [2.24, 2.45) is 0 Å². The van der Waals surface area contributed by atoms with Crippen LogP contribution < -0.4 is 0 Å². The summed E-state index contributed by atoms with van der Waals surface area (Å²) in [5, 5.41) is 0. The smallest absolute Gasteiger partial charge is 0.174 e. The lowest BCUT2D eigenvalue weighted by Gasteiger charge is -2.41. The minimum Gasteiger partial charge on any atom is -0.293 e. The minimum absolute atomic E-state index is 0.203. The van der Waals surface area contributed by atoms with Gasteiger partial charge in [-0.05, 0) is 18.4 Å². The van der Waals surface area contributed by atoms with Crippen molar-refractivity contribution in [3.05, 3.63) is 71.8 Å². The molecule has 1 saturated carbocycles. The molecule has 0 radical (unpaired) electrons. The van der Waals surface area contributed by atoms with Crippen molar-refractivity contribution in [3.8, 4) is 0 Å². The van der Waals surface area contributed by atoms with Crippen molar-refractivity contribution in [2.75, 3.05) is 0 Å². The summed E-state index contributed by atoms with van der Waals surface area (Å²) in [6.07, 6.45) is 4.26. The zero-order valence-electron chi connectivity index (χ0n) is 12.0. The van der Waals surface area contributed by atoms with E-state index in [1.165, 1.54) is 6.42 Å². The maximum absolute atomic E-state index is 13.3. The summed E-state index contributed by atoms with van der Waals surface area (Å²) in [5.74, 6) is 0.246. The van der Waals surface area contributed by atoms with Gasteiger partial charge >= 0.3 is 0 Å². The molecule has 0 aromatic heterocycles. The predicted molar refractivity (Wildman–Crippen MR) is 90.1 cm³/mol. The van der Waals surface area contributed by atoms with E-state index in [0.717, 1.165) is 30.4 Å². The summed E-state index contributed by atoms with van der Waals surface area (Å²) < 4.78 is 0. The quantitative estimate of drug-likeness (QED) is 0.557. The van der Waals surface area contributed by atoms with E-state index >= 15 is 0 Å². The Bertz CT molecular complexity index is 608. The third-order valence-electron chi connectivity index (χ3n) is 4.54. The number of hydrogen-bond acceptors (Lipinski definition) is 1. The van der Waals surface area contributed by atoms with E-state index in [1.807, 2.05) is 48.5 Å². The Labute approximate surface area is 134 Å². The van der Waals surface area contributed by atoms with Crippen molar-refractivity contribution in [2.45, 2.75) is 35.9 Å². The third kappa shape index (κ3) is 2.57. The van der Waals surface area contributed by atoms with Crippen molar-refractivity contribution >= 4 is 21.7 Å². The van der Waals surface area contributed by atoms with Crippen LogP contribution in [0.2, 0.25) is 0 Å². The van der Waals surface area contributed by atoms with E-state index in [4.69, 9.17) is 0 Å². The molecule has 2 heteroatoms. The fourth-order valence-electron chi connectivity index (χ4n) is 3.43. The zero-order valence-corrected chi connectivity index (χ0v) is 13.6. The Morgan fingerprint density at radius 2 is 1.57 bits per heavy atom. The molecule has 1 aliphatic rings. The van der Waals surface area contributed by atoms with Crippen LogP contribution in [0.5, 0.6) is 0 Å². The van der Waals surface area contributed by atoms with E-state index in [2.05, 4.69) is 28.1 Å². The molecule has 2 atom stereocenters. The number of halogens is 1. The first-order chi connectivity index (χ1) is 10.2. The van der Waals surface area contributed by atoms with Gasteiger partial charge in [-0.3, -0.25) is 4.79 Å². The minimum atomic E-state index is -0.430. The molecule has 0 N–H and O–H groups in total. The van der Waals surface area contributed by atoms with Gasteiger partial charge in [0.2, 0.25) is 0 Å². The second-order valence-corrected chi connectivity index (χ2v) is 6.85. The number of ketones is 1. The Hall–Kier alpha value is -1.41. The largest absolute Gasteiger partial charge is 0.293 e. The lowest BCUT2D eigenvalue weighted by molar-refractivity contribution is 0.0850. The molecule has 0 aliphatic heterocycles. The van der Waals surface area contributed by atoms with Crippen molar-refractivity contribution < 1.29 is 4.79 Å². The summed E-state index contributed by atoms with van der Waals surface area (Å²) in [7, 11) is 0. The Morgan fingerprint density at radius 3 is 2.19 bits per heavy atom. The molecule has 2 aromatic carbocycles. The molecule has 108 valence electrons. The number of alkyl halides is 1. The normalized spacial score (nSPS) is 25.5. The lowest BCUT2D eigenvalue weighted by Crippen LogP contribution is -2.46. The van der Waals surface area contributed by atoms with Gasteiger partial charge in [-0.2, -0.15) is 0 Å². The standard InChI is InChI=1S/C19H19BrO/c20-17-13-7-8-14-19(17,16-11-5-2-6-12-16)18(21)15-9-3-1-4-10-15/h1-6,9-12,17H,7-8,13-14H2/t17-,19-/m1/s1. The Balaban J connectivity index is 2.11. The average Bonchev–Trinajstić information content (AvgIpc) is 2.56. The predicted octanol–water partition coefficient (Wildman–Crippen LogP) is 5.14. The van der Waals surface area contributed by atoms with Crippen LogP contribution in [0.25, 0.3) is 0 Å². The Morgan fingerprint density at radius 1 is 0.952 bits per heavy atom. The van der Waals surface area contributed by atoms with Crippen molar-refractivity contribution in [1.82, 2.24) is 0 Å². The summed E-state index contributed by atoms with van der Waals surface area (Å²) in [6, 6.07) is 20.0. The van der Waals surface area contributed by atoms with E-state index in [1.54, 1.807) is 0 Å². The van der Waals surface area contributed by atoms with Crippen LogP contribution in [0, 0.1) is 0 Å². The first-order valence-electron chi connectivity index (χ1n) is 7.54. The van der Waals surface area contributed by atoms with Gasteiger partial charge in [-0.15, -0.1) is 0 Å². The van der Waals surface area contributed by atoms with Gasteiger partial charge in [0, 0.05) is 10.4 Å². The van der Waals surface area contributed by atoms with Crippen molar-refractivity contribution in [1.29, 1.82) is 0 Å². The van der Waals surface area contributed by atoms with E-state index in [-0.39, 0.29) is 10.6 Å². The topological polar surface area (TPSA) is 17.1 Å². The van der Waals surface area contributed by atoms with Crippen LogP contribution in [-0.2, 0) is 5.41 Å². The first kappa shape index (κ1) is 14.5. The SMILES string of the molecule is O=C(c1ccccc1)[C@@]1(c2ccccc2)CCCC[C@H]1Br. The monoisotopic (exact) mass is 342 g/mol. The van der Waals surface area contributed by atoms with Crippen LogP contribution in [0.1, 0.15) is 41.6 Å². The molecule has 3 rings (SSSR count). The molecule has 1 aliphatic carbocycles. The third-order valence-corrected chi connectivity index (χ3v) is 5.78. The molecule has 0 saturated heterocycles. The van der Waals surface area contributed by atoms with Gasteiger partial charge < -0.3 is 0 Å². The highest BCUT2D eigenvalue weighted by Crippen LogP contribution is 2.45. The number of rotatable bonds is 3. The molecule has 0 spiro atoms. The second kappa shape index (κ2) is 6.15. The van der Waals surface area contributed by atoms with Crippen LogP contribution >= 0.6 is 15.9 Å². The highest BCUT2D eigenvalue weighted by molar-refractivity contribution is 9.09. The molecular formula is C19H19BrO. The molecule has 1 nitrogen and oxygen atoms in total. The maximum Gasteiger partial charge on any atom is 0.174 e. The molecule has 0 bridgehead atoms. The molecule has 21 heavy (non-hydrogen) atoms. The number of carbonyl (C=O) groups is 1. The van der Waals surface area contributed by atoms with Gasteiger partial charge in [-0.1, -0.05) is 89.4 Å². The molecule has 2 aromatic rings. The fourth-order valence-corrected chi connectivity index (χ4v) is 4.45. The number of Topliss-reactive ketones (excluding diaryl/α,β-unsaturated/α-hetero) is 1.